The van der Waals surface area contributed by atoms with Crippen molar-refractivity contribution in [2.24, 2.45) is 5.92 Å². The number of rotatable bonds is 4. The second-order valence-electron chi connectivity index (χ2n) is 3.95. The first-order valence-corrected chi connectivity index (χ1v) is 4.78. The molecule has 3 heteroatoms. The molecular weight excluding hydrogens is 164 g/mol. The van der Waals surface area contributed by atoms with Gasteiger partial charge in [-0.3, -0.25) is 4.68 Å². The fourth-order valence-electron chi connectivity index (χ4n) is 1.35. The zero-order valence-electron chi connectivity index (χ0n) is 8.57. The predicted molar refractivity (Wildman–Crippen MR) is 52.4 cm³/mol. The van der Waals surface area contributed by atoms with Crippen LogP contribution in [-0.2, 0) is 13.0 Å². The quantitative estimate of drug-likeness (QED) is 0.765. The van der Waals surface area contributed by atoms with E-state index < -0.39 is 0 Å². The van der Waals surface area contributed by atoms with Crippen LogP contribution in [0, 0.1) is 5.92 Å². The van der Waals surface area contributed by atoms with E-state index in [1.54, 1.807) is 13.1 Å². The summed E-state index contributed by atoms with van der Waals surface area (Å²) in [6, 6.07) is 1.97. The van der Waals surface area contributed by atoms with E-state index >= 15 is 0 Å². The van der Waals surface area contributed by atoms with Gasteiger partial charge >= 0.3 is 0 Å². The van der Waals surface area contributed by atoms with Gasteiger partial charge in [0.1, 0.15) is 0 Å². The van der Waals surface area contributed by atoms with Crippen molar-refractivity contribution in [3.8, 4) is 0 Å². The summed E-state index contributed by atoms with van der Waals surface area (Å²) in [5, 5.41) is 13.5. The summed E-state index contributed by atoms with van der Waals surface area (Å²) in [5.74, 6) is 0.590. The second kappa shape index (κ2) is 4.42. The van der Waals surface area contributed by atoms with Crippen molar-refractivity contribution in [2.75, 3.05) is 0 Å². The zero-order chi connectivity index (χ0) is 9.84. The average molecular weight is 182 g/mol. The molecule has 1 N–H and O–H groups in total. The molecule has 1 unspecified atom stereocenters. The van der Waals surface area contributed by atoms with Crippen molar-refractivity contribution >= 4 is 0 Å². The Bertz CT molecular complexity index is 229. The fourth-order valence-corrected chi connectivity index (χ4v) is 1.35. The normalized spacial score (nSPS) is 13.6. The van der Waals surface area contributed by atoms with Crippen LogP contribution in [0.25, 0.3) is 0 Å². The number of nitrogens with zero attached hydrogens (tertiary/aromatic N) is 2. The molecule has 13 heavy (non-hydrogen) atoms. The molecule has 1 aromatic heterocycles. The molecule has 74 valence electrons. The van der Waals surface area contributed by atoms with Gasteiger partial charge in [-0.15, -0.1) is 0 Å². The third kappa shape index (κ3) is 3.19. The zero-order valence-corrected chi connectivity index (χ0v) is 8.57. The van der Waals surface area contributed by atoms with Crippen molar-refractivity contribution in [3.05, 3.63) is 18.0 Å². The van der Waals surface area contributed by atoms with Crippen LogP contribution < -0.4 is 0 Å². The molecule has 0 radical (unpaired) electrons. The highest BCUT2D eigenvalue weighted by Crippen LogP contribution is 2.06. The highest BCUT2D eigenvalue weighted by molar-refractivity contribution is 5.01. The van der Waals surface area contributed by atoms with Crippen LogP contribution in [0.3, 0.4) is 0 Å². The topological polar surface area (TPSA) is 38.0 Å². The average Bonchev–Trinajstić information content (AvgIpc) is 2.34. The first-order chi connectivity index (χ1) is 6.09. The second-order valence-corrected chi connectivity index (χ2v) is 3.95. The number of aromatic nitrogens is 2. The van der Waals surface area contributed by atoms with E-state index in [4.69, 9.17) is 0 Å². The SMILES string of the molecule is CC(C)Cn1nccc1CC(C)O. The van der Waals surface area contributed by atoms with E-state index in [0.717, 1.165) is 12.2 Å². The molecular formula is C10H18N2O. The summed E-state index contributed by atoms with van der Waals surface area (Å²) in [6.45, 7) is 7.05. The summed E-state index contributed by atoms with van der Waals surface area (Å²) in [7, 11) is 0. The van der Waals surface area contributed by atoms with E-state index in [1.165, 1.54) is 0 Å². The Kier molecular flexibility index (Phi) is 3.48. The molecule has 0 aliphatic rings. The van der Waals surface area contributed by atoms with Gasteiger partial charge in [-0.2, -0.15) is 5.10 Å². The molecule has 1 heterocycles. The largest absolute Gasteiger partial charge is 0.393 e. The van der Waals surface area contributed by atoms with Crippen LogP contribution in [0.4, 0.5) is 0 Å². The van der Waals surface area contributed by atoms with Crippen molar-refractivity contribution < 1.29 is 5.11 Å². The molecule has 0 aliphatic heterocycles. The van der Waals surface area contributed by atoms with Gasteiger partial charge in [-0.05, 0) is 18.9 Å². The van der Waals surface area contributed by atoms with Crippen molar-refractivity contribution in [1.82, 2.24) is 9.78 Å². The van der Waals surface area contributed by atoms with Crippen molar-refractivity contribution in [3.63, 3.8) is 0 Å². The van der Waals surface area contributed by atoms with E-state index in [-0.39, 0.29) is 6.10 Å². The Morgan fingerprint density at radius 3 is 2.69 bits per heavy atom. The maximum Gasteiger partial charge on any atom is 0.0567 e. The van der Waals surface area contributed by atoms with Crippen LogP contribution in [-0.4, -0.2) is 21.0 Å². The molecule has 1 aromatic rings. The summed E-state index contributed by atoms with van der Waals surface area (Å²) in [4.78, 5) is 0. The molecule has 1 rings (SSSR count). The van der Waals surface area contributed by atoms with Gasteiger partial charge in [0.05, 0.1) is 6.10 Å². The van der Waals surface area contributed by atoms with Crippen LogP contribution >= 0.6 is 0 Å². The van der Waals surface area contributed by atoms with Crippen molar-refractivity contribution in [2.45, 2.75) is 39.8 Å². The molecule has 0 saturated carbocycles. The molecule has 0 spiro atoms. The number of aliphatic hydroxyl groups excluding tert-OH is 1. The van der Waals surface area contributed by atoms with Gasteiger partial charge in [0.25, 0.3) is 0 Å². The molecule has 0 fully saturated rings. The van der Waals surface area contributed by atoms with Gasteiger partial charge in [0.15, 0.2) is 0 Å². The lowest BCUT2D eigenvalue weighted by Crippen LogP contribution is -2.13. The Morgan fingerprint density at radius 2 is 2.15 bits per heavy atom. The number of hydrogen-bond acceptors (Lipinski definition) is 2. The smallest absolute Gasteiger partial charge is 0.0567 e. The minimum Gasteiger partial charge on any atom is -0.393 e. The first kappa shape index (κ1) is 10.3. The maximum atomic E-state index is 9.24. The summed E-state index contributed by atoms with van der Waals surface area (Å²) in [5.41, 5.74) is 1.11. The monoisotopic (exact) mass is 182 g/mol. The Hall–Kier alpha value is -0.830. The lowest BCUT2D eigenvalue weighted by Gasteiger charge is -2.10. The fraction of sp³-hybridized carbons (Fsp3) is 0.700. The summed E-state index contributed by atoms with van der Waals surface area (Å²) < 4.78 is 1.97. The molecule has 0 amide bonds. The van der Waals surface area contributed by atoms with E-state index in [0.29, 0.717) is 12.3 Å². The first-order valence-electron chi connectivity index (χ1n) is 4.78. The minimum atomic E-state index is -0.289. The predicted octanol–water partition coefficient (Wildman–Crippen LogP) is 1.46. The van der Waals surface area contributed by atoms with E-state index in [2.05, 4.69) is 18.9 Å². The number of hydrogen-bond donors (Lipinski definition) is 1. The highest BCUT2D eigenvalue weighted by Gasteiger charge is 2.06. The van der Waals surface area contributed by atoms with E-state index in [9.17, 15) is 5.11 Å². The Balaban J connectivity index is 2.65. The summed E-state index contributed by atoms with van der Waals surface area (Å²) in [6.07, 6.45) is 2.19. The summed E-state index contributed by atoms with van der Waals surface area (Å²) >= 11 is 0. The lowest BCUT2D eigenvalue weighted by molar-refractivity contribution is 0.191. The maximum absolute atomic E-state index is 9.24. The van der Waals surface area contributed by atoms with Crippen LogP contribution in [0.2, 0.25) is 0 Å². The Morgan fingerprint density at radius 1 is 1.46 bits per heavy atom. The lowest BCUT2D eigenvalue weighted by atomic mass is 10.2. The Labute approximate surface area is 79.4 Å². The van der Waals surface area contributed by atoms with Gasteiger partial charge in [0.2, 0.25) is 0 Å². The molecule has 1 atom stereocenters. The molecule has 0 saturated heterocycles. The van der Waals surface area contributed by atoms with E-state index in [1.807, 2.05) is 10.7 Å². The molecule has 3 nitrogen and oxygen atoms in total. The van der Waals surface area contributed by atoms with Gasteiger partial charge in [-0.25, -0.2) is 0 Å². The van der Waals surface area contributed by atoms with Gasteiger partial charge < -0.3 is 5.11 Å². The third-order valence-corrected chi connectivity index (χ3v) is 1.85. The molecule has 0 aliphatic carbocycles. The van der Waals surface area contributed by atoms with Gasteiger partial charge in [0, 0.05) is 24.9 Å². The highest BCUT2D eigenvalue weighted by atomic mass is 16.3. The van der Waals surface area contributed by atoms with Crippen LogP contribution in [0.1, 0.15) is 26.5 Å². The van der Waals surface area contributed by atoms with Crippen LogP contribution in [0.15, 0.2) is 12.3 Å². The molecule has 0 aromatic carbocycles. The van der Waals surface area contributed by atoms with Crippen LogP contribution in [0.5, 0.6) is 0 Å². The minimum absolute atomic E-state index is 0.289. The van der Waals surface area contributed by atoms with Crippen molar-refractivity contribution in [1.29, 1.82) is 0 Å². The molecule has 0 bridgehead atoms. The number of aliphatic hydroxyl groups is 1. The standard InChI is InChI=1S/C10H18N2O/c1-8(2)7-12-10(4-5-11-12)6-9(3)13/h4-5,8-9,13H,6-7H2,1-3H3. The third-order valence-electron chi connectivity index (χ3n) is 1.85. The van der Waals surface area contributed by atoms with Gasteiger partial charge in [-0.1, -0.05) is 13.8 Å².